The van der Waals surface area contributed by atoms with E-state index in [1.54, 1.807) is 0 Å². The van der Waals surface area contributed by atoms with Crippen molar-refractivity contribution < 1.29 is 9.84 Å². The lowest BCUT2D eigenvalue weighted by molar-refractivity contribution is -0.125. The second-order valence-corrected chi connectivity index (χ2v) is 5.68. The summed E-state index contributed by atoms with van der Waals surface area (Å²) in [4.78, 5) is 0. The Labute approximate surface area is 112 Å². The number of hydrogen-bond acceptors (Lipinski definition) is 3. The zero-order valence-electron chi connectivity index (χ0n) is 12.4. The van der Waals surface area contributed by atoms with Crippen LogP contribution in [0.1, 0.15) is 59.3 Å². The first kappa shape index (κ1) is 15.9. The Balaban J connectivity index is 2.15. The summed E-state index contributed by atoms with van der Waals surface area (Å²) in [5.41, 5.74) is 0.321. The van der Waals surface area contributed by atoms with E-state index in [-0.39, 0.29) is 0 Å². The Hall–Kier alpha value is -0.120. The topological polar surface area (TPSA) is 41.5 Å². The van der Waals surface area contributed by atoms with Crippen LogP contribution in [0, 0.1) is 5.41 Å². The molecule has 3 nitrogen and oxygen atoms in total. The van der Waals surface area contributed by atoms with Crippen LogP contribution in [0.3, 0.4) is 0 Å². The molecule has 0 aromatic carbocycles. The van der Waals surface area contributed by atoms with Gasteiger partial charge in [0.1, 0.15) is 0 Å². The second kappa shape index (κ2) is 8.13. The maximum absolute atomic E-state index is 8.71. The molecule has 0 heterocycles. The molecule has 1 rings (SSSR count). The highest BCUT2D eigenvalue weighted by atomic mass is 16.5. The van der Waals surface area contributed by atoms with Gasteiger partial charge in [-0.3, -0.25) is 0 Å². The van der Waals surface area contributed by atoms with Crippen molar-refractivity contribution in [2.24, 2.45) is 5.41 Å². The Morgan fingerprint density at radius 3 is 2.56 bits per heavy atom. The number of nitrogens with one attached hydrogen (secondary N) is 1. The van der Waals surface area contributed by atoms with E-state index >= 15 is 0 Å². The molecule has 3 unspecified atom stereocenters. The molecule has 0 bridgehead atoms. The summed E-state index contributed by atoms with van der Waals surface area (Å²) in [6.07, 6.45) is 7.32. The molecule has 1 aliphatic rings. The summed E-state index contributed by atoms with van der Waals surface area (Å²) < 4.78 is 5.81. The molecule has 0 saturated heterocycles. The van der Waals surface area contributed by atoms with Crippen LogP contribution in [-0.2, 0) is 4.74 Å². The van der Waals surface area contributed by atoms with Crippen LogP contribution < -0.4 is 5.32 Å². The summed E-state index contributed by atoms with van der Waals surface area (Å²) >= 11 is 0. The monoisotopic (exact) mass is 257 g/mol. The van der Waals surface area contributed by atoms with Crippen LogP contribution in [0.5, 0.6) is 0 Å². The fourth-order valence-electron chi connectivity index (χ4n) is 2.93. The summed E-state index contributed by atoms with van der Waals surface area (Å²) in [7, 11) is 0. The summed E-state index contributed by atoms with van der Waals surface area (Å²) in [5.74, 6) is 0. The van der Waals surface area contributed by atoms with E-state index < -0.39 is 0 Å². The number of aliphatic hydroxyl groups excluding tert-OH is 1. The van der Waals surface area contributed by atoms with Gasteiger partial charge in [0, 0.05) is 24.7 Å². The first-order valence-electron chi connectivity index (χ1n) is 7.64. The third-order valence-corrected chi connectivity index (χ3v) is 4.59. The molecule has 0 aliphatic heterocycles. The van der Waals surface area contributed by atoms with Crippen molar-refractivity contribution in [3.63, 3.8) is 0 Å². The predicted octanol–water partition coefficient (Wildman–Crippen LogP) is 2.72. The Kier molecular flexibility index (Phi) is 7.20. The first-order chi connectivity index (χ1) is 8.69. The minimum absolute atomic E-state index is 0.321. The molecule has 0 amide bonds. The lowest BCUT2D eigenvalue weighted by atomic mass is 9.61. The maximum Gasteiger partial charge on any atom is 0.0658 e. The number of aliphatic hydroxyl groups is 1. The van der Waals surface area contributed by atoms with E-state index in [2.05, 4.69) is 26.1 Å². The molecule has 0 radical (unpaired) electrons. The van der Waals surface area contributed by atoms with Crippen LogP contribution in [-0.4, -0.2) is 37.0 Å². The smallest absolute Gasteiger partial charge is 0.0658 e. The largest absolute Gasteiger partial charge is 0.396 e. The van der Waals surface area contributed by atoms with E-state index in [1.807, 2.05) is 0 Å². The SMILES string of the molecule is CCOC1CC(NCCCCCCO)C1(C)CC. The highest BCUT2D eigenvalue weighted by Gasteiger charge is 2.50. The van der Waals surface area contributed by atoms with E-state index in [1.165, 1.54) is 19.3 Å². The molecule has 3 heteroatoms. The van der Waals surface area contributed by atoms with E-state index in [0.29, 0.717) is 24.2 Å². The standard InChI is InChI=1S/C15H31NO2/c1-4-15(3)13(12-14(15)18-5-2)16-10-8-6-7-9-11-17/h13-14,16-17H,4-12H2,1-3H3. The molecule has 108 valence electrons. The van der Waals surface area contributed by atoms with Crippen molar-refractivity contribution in [3.8, 4) is 0 Å². The van der Waals surface area contributed by atoms with Crippen LogP contribution >= 0.6 is 0 Å². The van der Waals surface area contributed by atoms with Gasteiger partial charge in [0.25, 0.3) is 0 Å². The first-order valence-corrected chi connectivity index (χ1v) is 7.64. The van der Waals surface area contributed by atoms with Gasteiger partial charge in [-0.2, -0.15) is 0 Å². The zero-order chi connectivity index (χ0) is 13.4. The van der Waals surface area contributed by atoms with Crippen LogP contribution in [0.15, 0.2) is 0 Å². The molecule has 1 saturated carbocycles. The van der Waals surface area contributed by atoms with Gasteiger partial charge in [-0.1, -0.05) is 26.7 Å². The Morgan fingerprint density at radius 1 is 1.22 bits per heavy atom. The second-order valence-electron chi connectivity index (χ2n) is 5.68. The van der Waals surface area contributed by atoms with E-state index in [4.69, 9.17) is 9.84 Å². The fraction of sp³-hybridized carbons (Fsp3) is 1.00. The molecule has 3 atom stereocenters. The van der Waals surface area contributed by atoms with Gasteiger partial charge in [0.2, 0.25) is 0 Å². The molecule has 2 N–H and O–H groups in total. The van der Waals surface area contributed by atoms with Gasteiger partial charge in [0.15, 0.2) is 0 Å². The number of unbranched alkanes of at least 4 members (excludes halogenated alkanes) is 3. The maximum atomic E-state index is 8.71. The minimum Gasteiger partial charge on any atom is -0.396 e. The van der Waals surface area contributed by atoms with E-state index in [0.717, 1.165) is 32.4 Å². The van der Waals surface area contributed by atoms with Gasteiger partial charge in [-0.25, -0.2) is 0 Å². The van der Waals surface area contributed by atoms with Crippen molar-refractivity contribution in [1.29, 1.82) is 0 Å². The molecule has 0 spiro atoms. The molecular formula is C15H31NO2. The molecule has 0 aromatic rings. The molecular weight excluding hydrogens is 226 g/mol. The van der Waals surface area contributed by atoms with E-state index in [9.17, 15) is 0 Å². The normalized spacial score (nSPS) is 31.3. The van der Waals surface area contributed by atoms with Crippen molar-refractivity contribution in [2.75, 3.05) is 19.8 Å². The number of rotatable bonds is 10. The number of hydrogen-bond donors (Lipinski definition) is 2. The van der Waals surface area contributed by atoms with Crippen LogP contribution in [0.2, 0.25) is 0 Å². The fourth-order valence-corrected chi connectivity index (χ4v) is 2.93. The van der Waals surface area contributed by atoms with Crippen molar-refractivity contribution >= 4 is 0 Å². The molecule has 0 aromatic heterocycles. The predicted molar refractivity (Wildman–Crippen MR) is 75.8 cm³/mol. The lowest BCUT2D eigenvalue weighted by Crippen LogP contribution is -2.62. The average Bonchev–Trinajstić information content (AvgIpc) is 2.39. The van der Waals surface area contributed by atoms with Crippen LogP contribution in [0.4, 0.5) is 0 Å². The van der Waals surface area contributed by atoms with Gasteiger partial charge in [0.05, 0.1) is 6.10 Å². The summed E-state index contributed by atoms with van der Waals surface area (Å²) in [6, 6.07) is 0.622. The highest BCUT2D eigenvalue weighted by molar-refractivity contribution is 5.04. The minimum atomic E-state index is 0.321. The third-order valence-electron chi connectivity index (χ3n) is 4.59. The van der Waals surface area contributed by atoms with Gasteiger partial charge in [-0.05, 0) is 39.2 Å². The number of ether oxygens (including phenoxy) is 1. The third kappa shape index (κ3) is 3.94. The van der Waals surface area contributed by atoms with Gasteiger partial charge >= 0.3 is 0 Å². The van der Waals surface area contributed by atoms with Crippen molar-refractivity contribution in [2.45, 2.75) is 71.4 Å². The molecule has 1 fully saturated rings. The van der Waals surface area contributed by atoms with Gasteiger partial charge < -0.3 is 15.2 Å². The molecule has 18 heavy (non-hydrogen) atoms. The molecule has 1 aliphatic carbocycles. The summed E-state index contributed by atoms with van der Waals surface area (Å²) in [6.45, 7) is 8.96. The Morgan fingerprint density at radius 2 is 1.94 bits per heavy atom. The van der Waals surface area contributed by atoms with Gasteiger partial charge in [-0.15, -0.1) is 0 Å². The lowest BCUT2D eigenvalue weighted by Gasteiger charge is -2.53. The zero-order valence-corrected chi connectivity index (χ0v) is 12.4. The quantitative estimate of drug-likeness (QED) is 0.591. The van der Waals surface area contributed by atoms with Crippen molar-refractivity contribution in [3.05, 3.63) is 0 Å². The van der Waals surface area contributed by atoms with Crippen LogP contribution in [0.25, 0.3) is 0 Å². The average molecular weight is 257 g/mol. The summed E-state index contributed by atoms with van der Waals surface area (Å²) in [5, 5.41) is 12.4. The van der Waals surface area contributed by atoms with Crippen molar-refractivity contribution in [1.82, 2.24) is 5.32 Å². The Bertz CT molecular complexity index is 223. The highest BCUT2D eigenvalue weighted by Crippen LogP contribution is 2.45.